The van der Waals surface area contributed by atoms with Crippen molar-refractivity contribution in [2.45, 2.75) is 52.1 Å². The van der Waals surface area contributed by atoms with Gasteiger partial charge in [-0.1, -0.05) is 31.2 Å². The number of guanidine groups is 1. The van der Waals surface area contributed by atoms with Gasteiger partial charge in [-0.05, 0) is 24.5 Å². The van der Waals surface area contributed by atoms with E-state index in [1.165, 1.54) is 0 Å². The maximum atomic E-state index is 12.1. The zero-order valence-corrected chi connectivity index (χ0v) is 16.5. The molecule has 1 amide bonds. The number of nitrogens with one attached hydrogen (secondary N) is 3. The van der Waals surface area contributed by atoms with Crippen molar-refractivity contribution in [3.63, 3.8) is 0 Å². The highest BCUT2D eigenvalue weighted by molar-refractivity contribution is 5.81. The molecular formula is C19H29F3N4O2. The number of halogens is 3. The Kier molecular flexibility index (Phi) is 10.4. The molecule has 0 aliphatic heterocycles. The normalized spacial score (nSPS) is 13.1. The third kappa shape index (κ3) is 10.8. The molecule has 0 bridgehead atoms. The van der Waals surface area contributed by atoms with Crippen LogP contribution in [0.4, 0.5) is 13.2 Å². The van der Waals surface area contributed by atoms with Crippen molar-refractivity contribution in [1.29, 1.82) is 0 Å². The van der Waals surface area contributed by atoms with E-state index in [2.05, 4.69) is 25.7 Å². The molecule has 0 spiro atoms. The summed E-state index contributed by atoms with van der Waals surface area (Å²) in [4.78, 5) is 15.8. The van der Waals surface area contributed by atoms with E-state index in [1.54, 1.807) is 19.2 Å². The van der Waals surface area contributed by atoms with Gasteiger partial charge in [0, 0.05) is 32.6 Å². The summed E-state index contributed by atoms with van der Waals surface area (Å²) in [5, 5.41) is 9.08. The molecule has 1 unspecified atom stereocenters. The molecule has 158 valence electrons. The van der Waals surface area contributed by atoms with E-state index in [9.17, 15) is 18.0 Å². The van der Waals surface area contributed by atoms with E-state index >= 15 is 0 Å². The third-order valence-corrected chi connectivity index (χ3v) is 3.91. The van der Waals surface area contributed by atoms with Gasteiger partial charge in [-0.25, -0.2) is 0 Å². The van der Waals surface area contributed by atoms with Gasteiger partial charge in [0.1, 0.15) is 6.61 Å². The highest BCUT2D eigenvalue weighted by Gasteiger charge is 2.27. The Morgan fingerprint density at radius 2 is 1.82 bits per heavy atom. The molecule has 0 fully saturated rings. The number of nitrogens with zero attached hydrogens (tertiary/aromatic N) is 1. The minimum absolute atomic E-state index is 0.0133. The molecule has 0 radical (unpaired) electrons. The van der Waals surface area contributed by atoms with E-state index < -0.39 is 12.8 Å². The third-order valence-electron chi connectivity index (χ3n) is 3.91. The molecule has 1 atom stereocenters. The second kappa shape index (κ2) is 12.2. The smallest absolute Gasteiger partial charge is 0.367 e. The van der Waals surface area contributed by atoms with Gasteiger partial charge >= 0.3 is 6.18 Å². The number of benzene rings is 1. The molecule has 28 heavy (non-hydrogen) atoms. The van der Waals surface area contributed by atoms with Crippen LogP contribution in [0.1, 0.15) is 37.8 Å². The summed E-state index contributed by atoms with van der Waals surface area (Å²) in [7, 11) is 1.63. The number of carbonyl (C=O) groups is 1. The highest BCUT2D eigenvalue weighted by Crippen LogP contribution is 2.15. The predicted octanol–water partition coefficient (Wildman–Crippen LogP) is 2.74. The Hall–Kier alpha value is -2.29. The number of rotatable bonds is 10. The van der Waals surface area contributed by atoms with Crippen LogP contribution in [0.2, 0.25) is 0 Å². The standard InChI is InChI=1S/C19H29F3N4O2/c1-4-14(2)26-17(27)9-10-24-18(23-3)25-11-15-5-7-16(8-6-15)12-28-13-19(20,21)22/h5-8,14H,4,9-13H2,1-3H3,(H,26,27)(H2,23,24,25). The predicted molar refractivity (Wildman–Crippen MR) is 103 cm³/mol. The summed E-state index contributed by atoms with van der Waals surface area (Å²) in [6, 6.07) is 7.23. The van der Waals surface area contributed by atoms with Crippen LogP contribution in [0, 0.1) is 0 Å². The van der Waals surface area contributed by atoms with Gasteiger partial charge in [0.15, 0.2) is 5.96 Å². The molecule has 0 aromatic heterocycles. The lowest BCUT2D eigenvalue weighted by molar-refractivity contribution is -0.176. The Bertz CT molecular complexity index is 619. The lowest BCUT2D eigenvalue weighted by Gasteiger charge is -2.14. The summed E-state index contributed by atoms with van der Waals surface area (Å²) < 4.78 is 40.8. The average molecular weight is 402 g/mol. The summed E-state index contributed by atoms with van der Waals surface area (Å²) in [6.07, 6.45) is -3.09. The minimum Gasteiger partial charge on any atom is -0.367 e. The number of amides is 1. The molecule has 1 aromatic carbocycles. The van der Waals surface area contributed by atoms with Gasteiger partial charge in [0.2, 0.25) is 5.91 Å². The second-order valence-corrected chi connectivity index (χ2v) is 6.40. The topological polar surface area (TPSA) is 74.8 Å². The Labute approximate surface area is 163 Å². The monoisotopic (exact) mass is 402 g/mol. The van der Waals surface area contributed by atoms with E-state index in [1.807, 2.05) is 26.0 Å². The molecule has 6 nitrogen and oxygen atoms in total. The van der Waals surface area contributed by atoms with Crippen LogP contribution < -0.4 is 16.0 Å². The van der Waals surface area contributed by atoms with Crippen LogP contribution in [-0.4, -0.2) is 44.3 Å². The summed E-state index contributed by atoms with van der Waals surface area (Å²) >= 11 is 0. The van der Waals surface area contributed by atoms with E-state index in [-0.39, 0.29) is 18.6 Å². The van der Waals surface area contributed by atoms with Crippen molar-refractivity contribution in [3.05, 3.63) is 35.4 Å². The van der Waals surface area contributed by atoms with Gasteiger partial charge < -0.3 is 20.7 Å². The van der Waals surface area contributed by atoms with Gasteiger partial charge in [0.25, 0.3) is 0 Å². The van der Waals surface area contributed by atoms with Gasteiger partial charge in [-0.15, -0.1) is 0 Å². The largest absolute Gasteiger partial charge is 0.411 e. The number of alkyl halides is 3. The van der Waals surface area contributed by atoms with E-state index in [0.717, 1.165) is 12.0 Å². The first-order valence-corrected chi connectivity index (χ1v) is 9.19. The zero-order chi connectivity index (χ0) is 21.0. The molecule has 3 N–H and O–H groups in total. The Morgan fingerprint density at radius 3 is 2.39 bits per heavy atom. The molecule has 0 heterocycles. The van der Waals surface area contributed by atoms with Gasteiger partial charge in [-0.2, -0.15) is 13.2 Å². The van der Waals surface area contributed by atoms with Crippen LogP contribution in [-0.2, 0) is 22.7 Å². The first-order chi connectivity index (χ1) is 13.2. The number of carbonyl (C=O) groups excluding carboxylic acids is 1. The van der Waals surface area contributed by atoms with Crippen molar-refractivity contribution in [3.8, 4) is 0 Å². The first kappa shape index (κ1) is 23.7. The average Bonchev–Trinajstić information content (AvgIpc) is 2.64. The molecule has 0 saturated carbocycles. The van der Waals surface area contributed by atoms with Crippen LogP contribution >= 0.6 is 0 Å². The van der Waals surface area contributed by atoms with Crippen LogP contribution in [0.5, 0.6) is 0 Å². The Balaban J connectivity index is 2.32. The molecule has 1 aromatic rings. The van der Waals surface area contributed by atoms with Crippen molar-refractivity contribution >= 4 is 11.9 Å². The molecule has 0 aliphatic rings. The molecule has 0 aliphatic carbocycles. The number of hydrogen-bond donors (Lipinski definition) is 3. The van der Waals surface area contributed by atoms with Crippen LogP contribution in [0.25, 0.3) is 0 Å². The fourth-order valence-electron chi connectivity index (χ4n) is 2.19. The van der Waals surface area contributed by atoms with E-state index in [4.69, 9.17) is 0 Å². The molecule has 1 rings (SSSR count). The van der Waals surface area contributed by atoms with Crippen LogP contribution in [0.3, 0.4) is 0 Å². The van der Waals surface area contributed by atoms with Crippen molar-refractivity contribution in [2.24, 2.45) is 4.99 Å². The van der Waals surface area contributed by atoms with Crippen molar-refractivity contribution in [1.82, 2.24) is 16.0 Å². The second-order valence-electron chi connectivity index (χ2n) is 6.40. The molecular weight excluding hydrogens is 373 g/mol. The summed E-state index contributed by atoms with van der Waals surface area (Å²) in [5.41, 5.74) is 1.61. The number of aliphatic imine (C=N–C) groups is 1. The number of ether oxygens (including phenoxy) is 1. The number of hydrogen-bond acceptors (Lipinski definition) is 3. The minimum atomic E-state index is -4.32. The van der Waals surface area contributed by atoms with E-state index in [0.29, 0.717) is 31.0 Å². The SMILES string of the molecule is CCC(C)NC(=O)CCNC(=NC)NCc1ccc(COCC(F)(F)F)cc1. The quantitative estimate of drug-likeness (QED) is 0.416. The Morgan fingerprint density at radius 1 is 1.18 bits per heavy atom. The maximum Gasteiger partial charge on any atom is 0.411 e. The lowest BCUT2D eigenvalue weighted by atomic mass is 10.1. The van der Waals surface area contributed by atoms with Crippen molar-refractivity contribution in [2.75, 3.05) is 20.2 Å². The fraction of sp³-hybridized carbons (Fsp3) is 0.579. The van der Waals surface area contributed by atoms with Crippen LogP contribution in [0.15, 0.2) is 29.3 Å². The molecule has 0 saturated heterocycles. The first-order valence-electron chi connectivity index (χ1n) is 9.19. The molecule has 9 heteroatoms. The lowest BCUT2D eigenvalue weighted by Crippen LogP contribution is -2.40. The van der Waals surface area contributed by atoms with Gasteiger partial charge in [-0.3, -0.25) is 9.79 Å². The van der Waals surface area contributed by atoms with Crippen molar-refractivity contribution < 1.29 is 22.7 Å². The van der Waals surface area contributed by atoms with Gasteiger partial charge in [0.05, 0.1) is 6.61 Å². The summed E-state index contributed by atoms with van der Waals surface area (Å²) in [5.74, 6) is 0.551. The fourth-order valence-corrected chi connectivity index (χ4v) is 2.19. The highest BCUT2D eigenvalue weighted by atomic mass is 19.4. The maximum absolute atomic E-state index is 12.1. The summed E-state index contributed by atoms with van der Waals surface area (Å²) in [6.45, 7) is 3.57. The zero-order valence-electron chi connectivity index (χ0n) is 16.5.